The minimum atomic E-state index is -1.56. The molecule has 37 heavy (non-hydrogen) atoms. The van der Waals surface area contributed by atoms with Gasteiger partial charge in [0.2, 0.25) is 23.6 Å². The van der Waals surface area contributed by atoms with Crippen LogP contribution < -0.4 is 44.6 Å². The van der Waals surface area contributed by atoms with Gasteiger partial charge in [-0.15, -0.1) is 0 Å². The van der Waals surface area contributed by atoms with E-state index in [4.69, 9.17) is 33.8 Å². The molecule has 4 atom stereocenters. The van der Waals surface area contributed by atoms with E-state index in [9.17, 15) is 33.9 Å². The number of carboxylic acid groups (broad SMARTS) is 2. The number of carbonyl (C=O) groups is 6. The number of nitrogens with two attached hydrogens (primary N) is 5. The van der Waals surface area contributed by atoms with Gasteiger partial charge >= 0.3 is 11.9 Å². The molecule has 0 spiro atoms. The van der Waals surface area contributed by atoms with Gasteiger partial charge in [0, 0.05) is 6.54 Å². The van der Waals surface area contributed by atoms with Crippen molar-refractivity contribution in [3.8, 4) is 0 Å². The van der Waals surface area contributed by atoms with Crippen molar-refractivity contribution < 1.29 is 39.0 Å². The minimum Gasteiger partial charge on any atom is -0.481 e. The Morgan fingerprint density at radius 3 is 1.78 bits per heavy atom. The molecule has 0 saturated heterocycles. The van der Waals surface area contributed by atoms with Gasteiger partial charge in [0.1, 0.15) is 18.1 Å². The second-order valence-electron chi connectivity index (χ2n) is 8.13. The van der Waals surface area contributed by atoms with Crippen LogP contribution in [0.4, 0.5) is 0 Å². The monoisotopic (exact) mass is 531 g/mol. The Bertz CT molecular complexity index is 848. The first-order valence-electron chi connectivity index (χ1n) is 11.4. The molecule has 0 radical (unpaired) electrons. The number of carboxylic acids is 2. The number of aliphatic imine (C=N–C) groups is 1. The maximum atomic E-state index is 12.9. The van der Waals surface area contributed by atoms with Crippen molar-refractivity contribution in [2.45, 2.75) is 69.1 Å². The first kappa shape index (κ1) is 33.0. The SMILES string of the molecule is NCCCCC(NC(=O)C(CC(N)=O)NC(=O)C(CCCN=C(N)N)NC(=O)C(N)CC(=O)O)C(=O)O. The van der Waals surface area contributed by atoms with Crippen LogP contribution in [0.2, 0.25) is 0 Å². The number of primary amides is 1. The fourth-order valence-electron chi connectivity index (χ4n) is 3.04. The molecule has 0 aliphatic rings. The van der Waals surface area contributed by atoms with E-state index in [2.05, 4.69) is 20.9 Å². The maximum absolute atomic E-state index is 12.9. The number of carbonyl (C=O) groups excluding carboxylic acids is 4. The molecule has 0 fully saturated rings. The molecule has 0 rings (SSSR count). The molecule has 0 bridgehead atoms. The number of hydrogen-bond acceptors (Lipinski definition) is 9. The van der Waals surface area contributed by atoms with Gasteiger partial charge in [-0.2, -0.15) is 0 Å². The second-order valence-corrected chi connectivity index (χ2v) is 8.13. The molecule has 0 aromatic heterocycles. The number of aliphatic carboxylic acids is 2. The Kier molecular flexibility index (Phi) is 15.6. The highest BCUT2D eigenvalue weighted by Gasteiger charge is 2.31. The lowest BCUT2D eigenvalue weighted by Crippen LogP contribution is -2.57. The fraction of sp³-hybridized carbons (Fsp3) is 0.650. The summed E-state index contributed by atoms with van der Waals surface area (Å²) in [7, 11) is 0. The number of guanidine groups is 1. The second kappa shape index (κ2) is 17.4. The third-order valence-electron chi connectivity index (χ3n) is 4.91. The van der Waals surface area contributed by atoms with Crippen LogP contribution in [0, 0.1) is 0 Å². The first-order chi connectivity index (χ1) is 17.3. The van der Waals surface area contributed by atoms with E-state index in [1.54, 1.807) is 0 Å². The van der Waals surface area contributed by atoms with Gasteiger partial charge in [-0.25, -0.2) is 4.79 Å². The van der Waals surface area contributed by atoms with Crippen molar-refractivity contribution in [3.05, 3.63) is 0 Å². The highest BCUT2D eigenvalue weighted by Crippen LogP contribution is 2.05. The third-order valence-corrected chi connectivity index (χ3v) is 4.91. The average molecular weight is 532 g/mol. The number of unbranched alkanes of at least 4 members (excludes halogenated alkanes) is 1. The van der Waals surface area contributed by atoms with Crippen LogP contribution in [0.1, 0.15) is 44.9 Å². The Morgan fingerprint density at radius 2 is 1.27 bits per heavy atom. The third kappa shape index (κ3) is 14.9. The lowest BCUT2D eigenvalue weighted by molar-refractivity contribution is -0.142. The Morgan fingerprint density at radius 1 is 0.730 bits per heavy atom. The summed E-state index contributed by atoms with van der Waals surface area (Å²) in [6, 6.07) is -5.67. The van der Waals surface area contributed by atoms with Crippen molar-refractivity contribution >= 4 is 41.5 Å². The van der Waals surface area contributed by atoms with Crippen LogP contribution in [0.15, 0.2) is 4.99 Å². The summed E-state index contributed by atoms with van der Waals surface area (Å²) < 4.78 is 0. The molecular weight excluding hydrogens is 494 g/mol. The van der Waals surface area contributed by atoms with Crippen molar-refractivity contribution in [2.24, 2.45) is 33.7 Å². The van der Waals surface area contributed by atoms with Crippen LogP contribution in [0.25, 0.3) is 0 Å². The van der Waals surface area contributed by atoms with E-state index in [1.165, 1.54) is 0 Å². The zero-order valence-corrected chi connectivity index (χ0v) is 20.4. The molecule has 0 aliphatic carbocycles. The van der Waals surface area contributed by atoms with E-state index in [0.29, 0.717) is 19.4 Å². The Labute approximate surface area is 212 Å². The number of hydrogen-bond donors (Lipinski definition) is 10. The van der Waals surface area contributed by atoms with Crippen LogP contribution in [-0.4, -0.2) is 89.0 Å². The molecule has 210 valence electrons. The van der Waals surface area contributed by atoms with E-state index in [1.807, 2.05) is 0 Å². The van der Waals surface area contributed by atoms with Gasteiger partial charge in [-0.05, 0) is 38.6 Å². The molecule has 0 aliphatic heterocycles. The van der Waals surface area contributed by atoms with Gasteiger partial charge in [0.15, 0.2) is 5.96 Å². The van der Waals surface area contributed by atoms with Crippen molar-refractivity contribution in [1.29, 1.82) is 0 Å². The number of amides is 4. The van der Waals surface area contributed by atoms with Crippen LogP contribution >= 0.6 is 0 Å². The van der Waals surface area contributed by atoms with Gasteiger partial charge in [0.05, 0.1) is 18.9 Å². The van der Waals surface area contributed by atoms with E-state index < -0.39 is 72.6 Å². The van der Waals surface area contributed by atoms with Gasteiger partial charge in [0.25, 0.3) is 0 Å². The Hall–Kier alpha value is -3.99. The lowest BCUT2D eigenvalue weighted by atomic mass is 10.1. The normalized spacial score (nSPS) is 13.8. The smallest absolute Gasteiger partial charge is 0.326 e. The summed E-state index contributed by atoms with van der Waals surface area (Å²) >= 11 is 0. The molecule has 17 heteroatoms. The van der Waals surface area contributed by atoms with Gasteiger partial charge in [-0.3, -0.25) is 29.0 Å². The number of rotatable bonds is 19. The molecule has 0 saturated carbocycles. The quantitative estimate of drug-likeness (QED) is 0.0427. The van der Waals surface area contributed by atoms with Crippen LogP contribution in [0.3, 0.4) is 0 Å². The predicted molar refractivity (Wildman–Crippen MR) is 130 cm³/mol. The van der Waals surface area contributed by atoms with Crippen molar-refractivity contribution in [2.75, 3.05) is 13.1 Å². The summed E-state index contributed by atoms with van der Waals surface area (Å²) in [5, 5.41) is 25.0. The molecule has 0 heterocycles. The summed E-state index contributed by atoms with van der Waals surface area (Å²) in [6.07, 6.45) is -0.273. The van der Waals surface area contributed by atoms with E-state index in [0.717, 1.165) is 0 Å². The van der Waals surface area contributed by atoms with Crippen LogP contribution in [0.5, 0.6) is 0 Å². The molecule has 17 nitrogen and oxygen atoms in total. The summed E-state index contributed by atoms with van der Waals surface area (Å²) in [6.45, 7) is 0.407. The molecule has 0 aromatic rings. The van der Waals surface area contributed by atoms with Crippen molar-refractivity contribution in [3.63, 3.8) is 0 Å². The zero-order valence-electron chi connectivity index (χ0n) is 20.4. The number of nitrogens with one attached hydrogen (secondary N) is 3. The largest absolute Gasteiger partial charge is 0.481 e. The van der Waals surface area contributed by atoms with Crippen molar-refractivity contribution in [1.82, 2.24) is 16.0 Å². The molecule has 15 N–H and O–H groups in total. The zero-order chi connectivity index (χ0) is 28.5. The van der Waals surface area contributed by atoms with Crippen LogP contribution in [-0.2, 0) is 28.8 Å². The fourth-order valence-corrected chi connectivity index (χ4v) is 3.04. The topological polar surface area (TPSA) is 321 Å². The predicted octanol–water partition coefficient (Wildman–Crippen LogP) is -4.61. The molecular formula is C20H37N9O8. The average Bonchev–Trinajstić information content (AvgIpc) is 2.78. The summed E-state index contributed by atoms with van der Waals surface area (Å²) in [5.41, 5.74) is 26.6. The summed E-state index contributed by atoms with van der Waals surface area (Å²) in [5.74, 6) is -6.71. The molecule has 4 unspecified atom stereocenters. The number of nitrogens with zero attached hydrogens (tertiary/aromatic N) is 1. The maximum Gasteiger partial charge on any atom is 0.326 e. The first-order valence-corrected chi connectivity index (χ1v) is 11.4. The van der Waals surface area contributed by atoms with E-state index in [-0.39, 0.29) is 31.8 Å². The highest BCUT2D eigenvalue weighted by molar-refractivity contribution is 5.96. The summed E-state index contributed by atoms with van der Waals surface area (Å²) in [4.78, 5) is 75.6. The highest BCUT2D eigenvalue weighted by atomic mass is 16.4. The lowest BCUT2D eigenvalue weighted by Gasteiger charge is -2.24. The molecule has 4 amide bonds. The van der Waals surface area contributed by atoms with Gasteiger partial charge in [-0.1, -0.05) is 0 Å². The standard InChI is InChI=1S/C20H37N9O8/c21-6-2-1-4-12(19(36)37)28-18(35)13(9-14(23)30)29-17(34)11(5-3-7-26-20(24)25)27-16(33)10(22)8-15(31)32/h10-13H,1-9,21-22H2,(H2,23,30)(H,27,33)(H,28,35)(H,29,34)(H,31,32)(H,36,37)(H4,24,25,26). The molecule has 0 aromatic carbocycles. The van der Waals surface area contributed by atoms with E-state index >= 15 is 0 Å². The Balaban J connectivity index is 5.61. The minimum absolute atomic E-state index is 0.0560. The van der Waals surface area contributed by atoms with Gasteiger partial charge < -0.3 is 54.8 Å².